The van der Waals surface area contributed by atoms with Crippen molar-refractivity contribution >= 4 is 28.1 Å². The molecule has 152 valence electrons. The van der Waals surface area contributed by atoms with Gasteiger partial charge >= 0.3 is 0 Å². The van der Waals surface area contributed by atoms with Gasteiger partial charge in [0, 0.05) is 22.3 Å². The van der Waals surface area contributed by atoms with E-state index in [4.69, 9.17) is 4.42 Å². The zero-order valence-electron chi connectivity index (χ0n) is 17.0. The number of hydrogen-bond donors (Lipinski definition) is 2. The van der Waals surface area contributed by atoms with E-state index in [0.29, 0.717) is 0 Å². The lowest BCUT2D eigenvalue weighted by Crippen LogP contribution is -2.18. The monoisotopic (exact) mass is 418 g/mol. The van der Waals surface area contributed by atoms with Crippen LogP contribution in [-0.4, -0.2) is 15.9 Å². The lowest BCUT2D eigenvalue weighted by molar-refractivity contribution is 0.0997. The van der Waals surface area contributed by atoms with Crippen LogP contribution in [0.15, 0.2) is 65.4 Å². The van der Waals surface area contributed by atoms with E-state index in [0.717, 1.165) is 38.2 Å². The Morgan fingerprint density at radius 3 is 2.63 bits per heavy atom. The highest BCUT2D eigenvalue weighted by molar-refractivity contribution is 7.16. The van der Waals surface area contributed by atoms with Crippen molar-refractivity contribution < 1.29 is 9.21 Å². The van der Waals surface area contributed by atoms with Crippen molar-refractivity contribution in [1.29, 1.82) is 0 Å². The molecule has 4 heterocycles. The van der Waals surface area contributed by atoms with Crippen molar-refractivity contribution in [1.82, 2.24) is 9.97 Å². The Bertz CT molecular complexity index is 1150. The molecule has 0 fully saturated rings. The molecule has 0 saturated carbocycles. The molecule has 1 unspecified atom stereocenters. The number of furan rings is 1. The van der Waals surface area contributed by atoms with Crippen molar-refractivity contribution in [2.24, 2.45) is 0 Å². The van der Waals surface area contributed by atoms with Crippen molar-refractivity contribution in [3.05, 3.63) is 94.1 Å². The summed E-state index contributed by atoms with van der Waals surface area (Å²) in [5.74, 6) is 0.737. The van der Waals surface area contributed by atoms with Gasteiger partial charge in [-0.3, -0.25) is 9.78 Å². The average Bonchev–Trinajstić information content (AvgIpc) is 3.37. The summed E-state index contributed by atoms with van der Waals surface area (Å²) in [4.78, 5) is 23.0. The van der Waals surface area contributed by atoms with Gasteiger partial charge in [-0.25, -0.2) is 4.98 Å². The van der Waals surface area contributed by atoms with Gasteiger partial charge in [-0.15, -0.1) is 11.3 Å². The first-order valence-corrected chi connectivity index (χ1v) is 10.4. The second-order valence-electron chi connectivity index (χ2n) is 6.95. The summed E-state index contributed by atoms with van der Waals surface area (Å²) in [6.07, 6.45) is 3.26. The Morgan fingerprint density at radius 1 is 1.07 bits per heavy atom. The third-order valence-corrected chi connectivity index (χ3v) is 6.00. The van der Waals surface area contributed by atoms with Gasteiger partial charge in [0.2, 0.25) is 0 Å². The molecule has 1 amide bonds. The fourth-order valence-corrected chi connectivity index (χ4v) is 4.36. The second-order valence-corrected chi connectivity index (χ2v) is 8.18. The van der Waals surface area contributed by atoms with Crippen LogP contribution in [0, 0.1) is 20.8 Å². The van der Waals surface area contributed by atoms with Crippen LogP contribution in [0.5, 0.6) is 0 Å². The first-order chi connectivity index (χ1) is 14.5. The maximum atomic E-state index is 12.7. The molecule has 0 aliphatic heterocycles. The van der Waals surface area contributed by atoms with Gasteiger partial charge in [0.15, 0.2) is 5.76 Å². The van der Waals surface area contributed by atoms with Crippen LogP contribution in [0.4, 0.5) is 10.8 Å². The predicted octanol–water partition coefficient (Wildman–Crippen LogP) is 5.51. The lowest BCUT2D eigenvalue weighted by Gasteiger charge is -2.21. The van der Waals surface area contributed by atoms with Crippen LogP contribution >= 0.6 is 11.3 Å². The van der Waals surface area contributed by atoms with Gasteiger partial charge in [0.1, 0.15) is 10.8 Å². The normalized spacial score (nSPS) is 11.8. The number of carbonyl (C=O) groups excluding carboxylic acids is 1. The molecule has 1 atom stereocenters. The first kappa shape index (κ1) is 19.8. The number of nitrogens with one attached hydrogen (secondary N) is 2. The fraction of sp³-hybridized carbons (Fsp3) is 0.174. The summed E-state index contributed by atoms with van der Waals surface area (Å²) in [6, 6.07) is 14.7. The number of amides is 1. The SMILES string of the molecule is Cc1cccc(NC(c2ccccn2)c2c(NC(=O)c3ccco3)sc(C)c2C)n1. The number of nitrogens with zero attached hydrogens (tertiary/aromatic N) is 2. The molecule has 0 bridgehead atoms. The van der Waals surface area contributed by atoms with Crippen molar-refractivity contribution in [2.75, 3.05) is 10.6 Å². The van der Waals surface area contributed by atoms with E-state index in [9.17, 15) is 4.79 Å². The van der Waals surface area contributed by atoms with Crippen molar-refractivity contribution in [2.45, 2.75) is 26.8 Å². The Labute approximate surface area is 179 Å². The summed E-state index contributed by atoms with van der Waals surface area (Å²) in [6.45, 7) is 6.06. The minimum Gasteiger partial charge on any atom is -0.459 e. The quantitative estimate of drug-likeness (QED) is 0.432. The van der Waals surface area contributed by atoms with E-state index < -0.39 is 0 Å². The number of hydrogen-bond acceptors (Lipinski definition) is 6. The van der Waals surface area contributed by atoms with Gasteiger partial charge in [0.05, 0.1) is 18.0 Å². The lowest BCUT2D eigenvalue weighted by atomic mass is 10.00. The zero-order valence-corrected chi connectivity index (χ0v) is 17.8. The van der Waals surface area contributed by atoms with E-state index >= 15 is 0 Å². The highest BCUT2D eigenvalue weighted by atomic mass is 32.1. The molecular weight excluding hydrogens is 396 g/mol. The highest BCUT2D eigenvalue weighted by Crippen LogP contribution is 2.40. The average molecular weight is 419 g/mol. The van der Waals surface area contributed by atoms with E-state index in [2.05, 4.69) is 27.5 Å². The molecule has 4 aromatic rings. The number of anilines is 2. The Kier molecular flexibility index (Phi) is 5.63. The molecule has 0 saturated heterocycles. The van der Waals surface area contributed by atoms with Gasteiger partial charge in [-0.05, 0) is 62.7 Å². The van der Waals surface area contributed by atoms with E-state index in [-0.39, 0.29) is 17.7 Å². The maximum absolute atomic E-state index is 12.7. The van der Waals surface area contributed by atoms with Crippen molar-refractivity contribution in [3.8, 4) is 0 Å². The third-order valence-electron chi connectivity index (χ3n) is 4.86. The van der Waals surface area contributed by atoms with Crippen LogP contribution in [0.3, 0.4) is 0 Å². The summed E-state index contributed by atoms with van der Waals surface area (Å²) in [5, 5.41) is 7.30. The molecular formula is C23H22N4O2S. The molecule has 30 heavy (non-hydrogen) atoms. The smallest absolute Gasteiger partial charge is 0.291 e. The largest absolute Gasteiger partial charge is 0.459 e. The molecule has 2 N–H and O–H groups in total. The number of rotatable bonds is 6. The number of aryl methyl sites for hydroxylation is 2. The van der Waals surface area contributed by atoms with Gasteiger partial charge in [-0.1, -0.05) is 12.1 Å². The maximum Gasteiger partial charge on any atom is 0.291 e. The topological polar surface area (TPSA) is 80.0 Å². The Hall–Kier alpha value is -3.45. The molecule has 4 aromatic heterocycles. The second kappa shape index (κ2) is 8.51. The minimum atomic E-state index is -0.282. The van der Waals surface area contributed by atoms with E-state index in [1.807, 2.05) is 50.2 Å². The third kappa shape index (κ3) is 4.11. The molecule has 4 rings (SSSR count). The Balaban J connectivity index is 1.77. The zero-order chi connectivity index (χ0) is 21.1. The molecule has 6 nitrogen and oxygen atoms in total. The number of aromatic nitrogens is 2. The Morgan fingerprint density at radius 2 is 1.93 bits per heavy atom. The summed E-state index contributed by atoms with van der Waals surface area (Å²) in [7, 11) is 0. The summed E-state index contributed by atoms with van der Waals surface area (Å²) >= 11 is 1.54. The standard InChI is InChI=1S/C23H22N4O2S/c1-14-8-6-11-19(25-14)26-21(17-9-4-5-12-24-17)20-15(2)16(3)30-23(20)27-22(28)18-10-7-13-29-18/h4-13,21H,1-3H3,(H,25,26)(H,27,28). The van der Waals surface area contributed by atoms with Crippen LogP contribution in [-0.2, 0) is 0 Å². The molecule has 0 spiro atoms. The molecule has 7 heteroatoms. The number of pyridine rings is 2. The molecule has 0 aromatic carbocycles. The van der Waals surface area contributed by atoms with Crippen molar-refractivity contribution in [3.63, 3.8) is 0 Å². The van der Waals surface area contributed by atoms with E-state index in [1.54, 1.807) is 29.7 Å². The van der Waals surface area contributed by atoms with Gasteiger partial charge in [0.25, 0.3) is 5.91 Å². The molecule has 0 aliphatic carbocycles. The molecule has 0 radical (unpaired) electrons. The van der Waals surface area contributed by atoms with Crippen LogP contribution in [0.2, 0.25) is 0 Å². The summed E-state index contributed by atoms with van der Waals surface area (Å²) in [5.41, 5.74) is 3.84. The fourth-order valence-electron chi connectivity index (χ4n) is 3.27. The summed E-state index contributed by atoms with van der Waals surface area (Å²) < 4.78 is 5.25. The minimum absolute atomic E-state index is 0.271. The van der Waals surface area contributed by atoms with Crippen LogP contribution < -0.4 is 10.6 Å². The van der Waals surface area contributed by atoms with Crippen LogP contribution in [0.1, 0.15) is 44.0 Å². The molecule has 0 aliphatic rings. The predicted molar refractivity (Wildman–Crippen MR) is 119 cm³/mol. The first-order valence-electron chi connectivity index (χ1n) is 9.59. The van der Waals surface area contributed by atoms with Gasteiger partial charge < -0.3 is 15.1 Å². The van der Waals surface area contributed by atoms with Gasteiger partial charge in [-0.2, -0.15) is 0 Å². The highest BCUT2D eigenvalue weighted by Gasteiger charge is 2.26. The van der Waals surface area contributed by atoms with E-state index in [1.165, 1.54) is 6.26 Å². The number of carbonyl (C=O) groups is 1. The number of thiophene rings is 1. The van der Waals surface area contributed by atoms with Crippen LogP contribution in [0.25, 0.3) is 0 Å².